The molecule has 0 saturated carbocycles. The van der Waals surface area contributed by atoms with E-state index in [0.29, 0.717) is 6.04 Å². The van der Waals surface area contributed by atoms with Crippen LogP contribution in [-0.2, 0) is 0 Å². The summed E-state index contributed by atoms with van der Waals surface area (Å²) in [6.45, 7) is 6.84. The molecule has 96 valence electrons. The summed E-state index contributed by atoms with van der Waals surface area (Å²) in [5.41, 5.74) is 0. The average Bonchev–Trinajstić information content (AvgIpc) is 2.74. The fourth-order valence-electron chi connectivity index (χ4n) is 1.92. The van der Waals surface area contributed by atoms with E-state index in [1.807, 2.05) is 18.2 Å². The second-order valence-corrected chi connectivity index (χ2v) is 4.96. The zero-order valence-electron chi connectivity index (χ0n) is 10.5. The van der Waals surface area contributed by atoms with Crippen molar-refractivity contribution in [2.24, 2.45) is 0 Å². The van der Waals surface area contributed by atoms with Crippen LogP contribution in [-0.4, -0.2) is 6.54 Å². The Labute approximate surface area is 113 Å². The van der Waals surface area contributed by atoms with Crippen molar-refractivity contribution in [2.45, 2.75) is 45.1 Å². The van der Waals surface area contributed by atoms with Gasteiger partial charge in [-0.25, -0.2) is 0 Å². The van der Waals surface area contributed by atoms with Crippen LogP contribution in [0.4, 0.5) is 0 Å². The minimum atomic E-state index is 0.343. The normalized spacial score (nSPS) is 12.6. The number of hydrogen-bond donors (Lipinski definition) is 1. The smallest absolute Gasteiger partial charge is 0.169 e. The van der Waals surface area contributed by atoms with Crippen molar-refractivity contribution < 1.29 is 4.42 Å². The van der Waals surface area contributed by atoms with Crippen molar-refractivity contribution >= 4 is 15.9 Å². The molecule has 17 heavy (non-hydrogen) atoms. The van der Waals surface area contributed by atoms with Crippen LogP contribution in [0.25, 0.3) is 0 Å². The van der Waals surface area contributed by atoms with Crippen LogP contribution in [0.5, 0.6) is 0 Å². The molecule has 1 atom stereocenters. The summed E-state index contributed by atoms with van der Waals surface area (Å²) in [4.78, 5) is 0. The van der Waals surface area contributed by atoms with E-state index in [2.05, 4.69) is 34.7 Å². The van der Waals surface area contributed by atoms with Gasteiger partial charge in [-0.2, -0.15) is 0 Å². The highest BCUT2D eigenvalue weighted by Crippen LogP contribution is 2.24. The first kappa shape index (κ1) is 14.5. The van der Waals surface area contributed by atoms with Gasteiger partial charge in [-0.15, -0.1) is 6.58 Å². The molecule has 2 nitrogen and oxygen atoms in total. The lowest BCUT2D eigenvalue weighted by atomic mass is 10.1. The van der Waals surface area contributed by atoms with Crippen LogP contribution >= 0.6 is 15.9 Å². The van der Waals surface area contributed by atoms with Crippen molar-refractivity contribution in [1.82, 2.24) is 5.32 Å². The molecular weight excluding hydrogens is 278 g/mol. The van der Waals surface area contributed by atoms with Crippen LogP contribution in [0, 0.1) is 0 Å². The fourth-order valence-corrected chi connectivity index (χ4v) is 2.24. The van der Waals surface area contributed by atoms with E-state index >= 15 is 0 Å². The molecule has 0 aromatic carbocycles. The quantitative estimate of drug-likeness (QED) is 0.522. The summed E-state index contributed by atoms with van der Waals surface area (Å²) < 4.78 is 6.42. The molecular formula is C14H22BrNO. The van der Waals surface area contributed by atoms with E-state index in [9.17, 15) is 0 Å². The Morgan fingerprint density at radius 3 is 2.82 bits per heavy atom. The van der Waals surface area contributed by atoms with Crippen molar-refractivity contribution in [2.75, 3.05) is 6.54 Å². The number of nitrogens with one attached hydrogen (secondary N) is 1. The van der Waals surface area contributed by atoms with Crippen molar-refractivity contribution in [3.05, 3.63) is 35.2 Å². The molecule has 0 aliphatic rings. The summed E-state index contributed by atoms with van der Waals surface area (Å²) in [5.74, 6) is 1.03. The molecule has 0 amide bonds. The van der Waals surface area contributed by atoms with Gasteiger partial charge in [0.2, 0.25) is 0 Å². The minimum absolute atomic E-state index is 0.343. The number of rotatable bonds is 9. The Morgan fingerprint density at radius 1 is 1.41 bits per heavy atom. The molecule has 0 radical (unpaired) electrons. The highest BCUT2D eigenvalue weighted by molar-refractivity contribution is 9.10. The lowest BCUT2D eigenvalue weighted by Gasteiger charge is -2.15. The van der Waals surface area contributed by atoms with E-state index < -0.39 is 0 Å². The van der Waals surface area contributed by atoms with E-state index in [0.717, 1.165) is 29.8 Å². The van der Waals surface area contributed by atoms with E-state index in [-0.39, 0.29) is 0 Å². The zero-order valence-corrected chi connectivity index (χ0v) is 12.1. The Morgan fingerprint density at radius 2 is 2.24 bits per heavy atom. The molecule has 1 aromatic rings. The maximum absolute atomic E-state index is 5.61. The maximum Gasteiger partial charge on any atom is 0.169 e. The number of allylic oxidation sites excluding steroid dienone is 1. The monoisotopic (exact) mass is 299 g/mol. The van der Waals surface area contributed by atoms with Gasteiger partial charge < -0.3 is 9.73 Å². The van der Waals surface area contributed by atoms with Gasteiger partial charge in [0.25, 0.3) is 0 Å². The van der Waals surface area contributed by atoms with Gasteiger partial charge in [0.05, 0.1) is 6.04 Å². The molecule has 1 heterocycles. The second kappa shape index (κ2) is 8.54. The molecule has 0 aliphatic heterocycles. The lowest BCUT2D eigenvalue weighted by Crippen LogP contribution is -2.20. The van der Waals surface area contributed by atoms with Crippen LogP contribution in [0.1, 0.15) is 50.8 Å². The summed E-state index contributed by atoms with van der Waals surface area (Å²) in [7, 11) is 0. The molecule has 1 unspecified atom stereocenters. The summed E-state index contributed by atoms with van der Waals surface area (Å²) in [5, 5.41) is 3.47. The second-order valence-electron chi connectivity index (χ2n) is 4.18. The topological polar surface area (TPSA) is 25.2 Å². The molecule has 1 rings (SSSR count). The van der Waals surface area contributed by atoms with E-state index in [1.54, 1.807) is 0 Å². The molecule has 0 fully saturated rings. The average molecular weight is 300 g/mol. The van der Waals surface area contributed by atoms with Crippen molar-refractivity contribution in [3.8, 4) is 0 Å². The minimum Gasteiger partial charge on any atom is -0.453 e. The first-order valence-corrected chi connectivity index (χ1v) is 7.16. The summed E-state index contributed by atoms with van der Waals surface area (Å²) >= 11 is 3.35. The fraction of sp³-hybridized carbons (Fsp3) is 0.571. The van der Waals surface area contributed by atoms with Gasteiger partial charge in [-0.3, -0.25) is 0 Å². The number of furan rings is 1. The Balaban J connectivity index is 2.35. The predicted octanol–water partition coefficient (Wildman–Crippen LogP) is 4.83. The third kappa shape index (κ3) is 5.55. The summed E-state index contributed by atoms with van der Waals surface area (Å²) in [6.07, 6.45) is 7.97. The van der Waals surface area contributed by atoms with Gasteiger partial charge in [0.15, 0.2) is 4.67 Å². The molecule has 0 saturated heterocycles. The molecule has 3 heteroatoms. The molecule has 0 aliphatic carbocycles. The number of unbranched alkanes of at least 4 members (excludes halogenated alkanes) is 3. The third-order valence-corrected chi connectivity index (χ3v) is 3.22. The van der Waals surface area contributed by atoms with Crippen LogP contribution in [0.3, 0.4) is 0 Å². The van der Waals surface area contributed by atoms with Crippen molar-refractivity contribution in [3.63, 3.8) is 0 Å². The van der Waals surface area contributed by atoms with Crippen LogP contribution < -0.4 is 5.32 Å². The molecule has 0 spiro atoms. The maximum atomic E-state index is 5.61. The summed E-state index contributed by atoms with van der Waals surface area (Å²) in [6, 6.07) is 4.34. The molecule has 0 bridgehead atoms. The first-order chi connectivity index (χ1) is 8.27. The van der Waals surface area contributed by atoms with Gasteiger partial charge in [-0.1, -0.05) is 25.8 Å². The van der Waals surface area contributed by atoms with E-state index in [1.165, 1.54) is 19.3 Å². The molecule has 1 aromatic heterocycles. The Bertz CT molecular complexity index is 322. The molecule has 1 N–H and O–H groups in total. The SMILES string of the molecule is C=CCCCCCC(NCC)c1ccc(Br)o1. The van der Waals surface area contributed by atoms with Crippen LogP contribution in [0.15, 0.2) is 33.9 Å². The van der Waals surface area contributed by atoms with Gasteiger partial charge in [0, 0.05) is 0 Å². The van der Waals surface area contributed by atoms with E-state index in [4.69, 9.17) is 4.42 Å². The zero-order chi connectivity index (χ0) is 12.5. The largest absolute Gasteiger partial charge is 0.453 e. The Hall–Kier alpha value is -0.540. The lowest BCUT2D eigenvalue weighted by molar-refractivity contribution is 0.382. The Kier molecular flexibility index (Phi) is 7.29. The van der Waals surface area contributed by atoms with Crippen molar-refractivity contribution in [1.29, 1.82) is 0 Å². The number of halogens is 1. The first-order valence-electron chi connectivity index (χ1n) is 6.37. The van der Waals surface area contributed by atoms with Crippen LogP contribution in [0.2, 0.25) is 0 Å². The van der Waals surface area contributed by atoms with Gasteiger partial charge >= 0.3 is 0 Å². The van der Waals surface area contributed by atoms with Gasteiger partial charge in [0.1, 0.15) is 5.76 Å². The predicted molar refractivity (Wildman–Crippen MR) is 76.1 cm³/mol. The number of hydrogen-bond acceptors (Lipinski definition) is 2. The standard InChI is InChI=1S/C14H22BrNO/c1-3-5-6-7-8-9-12(16-4-2)13-10-11-14(15)17-13/h3,10-12,16H,1,4-9H2,2H3. The van der Waals surface area contributed by atoms with Gasteiger partial charge in [-0.05, 0) is 53.9 Å². The highest BCUT2D eigenvalue weighted by Gasteiger charge is 2.13. The third-order valence-electron chi connectivity index (χ3n) is 2.79. The highest BCUT2D eigenvalue weighted by atomic mass is 79.9.